The maximum atomic E-state index is 5.67. The molecule has 0 saturated heterocycles. The molecule has 3 nitrogen and oxygen atoms in total. The van der Waals surface area contributed by atoms with Crippen LogP contribution >= 0.6 is 15.9 Å². The number of halogens is 1. The summed E-state index contributed by atoms with van der Waals surface area (Å²) in [4.78, 5) is 0. The quantitative estimate of drug-likeness (QED) is 0.645. The van der Waals surface area contributed by atoms with E-state index in [4.69, 9.17) is 16.2 Å². The molecule has 1 aromatic rings. The third-order valence-electron chi connectivity index (χ3n) is 1.89. The molecule has 0 spiro atoms. The first-order valence-electron chi connectivity index (χ1n) is 4.62. The molecule has 78 valence electrons. The van der Waals surface area contributed by atoms with Crippen LogP contribution in [0.5, 0.6) is 5.75 Å². The zero-order valence-corrected chi connectivity index (χ0v) is 9.80. The third-order valence-corrected chi connectivity index (χ3v) is 2.51. The Kier molecular flexibility index (Phi) is 4.07. The van der Waals surface area contributed by atoms with Gasteiger partial charge in [0.25, 0.3) is 0 Å². The monoisotopic (exact) mass is 258 g/mol. The number of anilines is 2. The molecule has 0 aliphatic rings. The fourth-order valence-corrected chi connectivity index (χ4v) is 1.50. The standard InChI is InChI=1S/C10H15BrN2O/c1-2-3-4-14-10-6-9(13)8(12)5-7(10)11/h5-6H,2-4,12-13H2,1H3. The van der Waals surface area contributed by atoms with Gasteiger partial charge in [0.15, 0.2) is 0 Å². The van der Waals surface area contributed by atoms with E-state index in [1.165, 1.54) is 0 Å². The van der Waals surface area contributed by atoms with Crippen LogP contribution in [0.4, 0.5) is 11.4 Å². The van der Waals surface area contributed by atoms with Gasteiger partial charge in [-0.2, -0.15) is 0 Å². The number of nitrogen functional groups attached to an aromatic ring is 2. The summed E-state index contributed by atoms with van der Waals surface area (Å²) in [5.41, 5.74) is 12.4. The van der Waals surface area contributed by atoms with Crippen LogP contribution in [-0.2, 0) is 0 Å². The minimum Gasteiger partial charge on any atom is -0.492 e. The average Bonchev–Trinajstić information content (AvgIpc) is 2.14. The summed E-state index contributed by atoms with van der Waals surface area (Å²) in [6.45, 7) is 2.83. The van der Waals surface area contributed by atoms with Crippen molar-refractivity contribution in [3.8, 4) is 5.75 Å². The van der Waals surface area contributed by atoms with Crippen molar-refractivity contribution >= 4 is 27.3 Å². The lowest BCUT2D eigenvalue weighted by Crippen LogP contribution is -2.00. The van der Waals surface area contributed by atoms with Crippen molar-refractivity contribution in [1.29, 1.82) is 0 Å². The molecule has 0 saturated carbocycles. The first kappa shape index (κ1) is 11.2. The zero-order valence-electron chi connectivity index (χ0n) is 8.22. The summed E-state index contributed by atoms with van der Waals surface area (Å²) >= 11 is 3.37. The van der Waals surface area contributed by atoms with E-state index < -0.39 is 0 Å². The van der Waals surface area contributed by atoms with Gasteiger partial charge in [-0.3, -0.25) is 0 Å². The largest absolute Gasteiger partial charge is 0.492 e. The van der Waals surface area contributed by atoms with E-state index in [-0.39, 0.29) is 0 Å². The average molecular weight is 259 g/mol. The van der Waals surface area contributed by atoms with Gasteiger partial charge in [-0.1, -0.05) is 13.3 Å². The summed E-state index contributed by atoms with van der Waals surface area (Å²) in [5, 5.41) is 0. The number of nitrogens with two attached hydrogens (primary N) is 2. The van der Waals surface area contributed by atoms with E-state index in [0.717, 1.165) is 23.1 Å². The molecular weight excluding hydrogens is 244 g/mol. The number of hydrogen-bond acceptors (Lipinski definition) is 3. The molecule has 0 aromatic heterocycles. The Labute approximate surface area is 92.6 Å². The van der Waals surface area contributed by atoms with Gasteiger partial charge in [0, 0.05) is 6.07 Å². The molecule has 0 heterocycles. The van der Waals surface area contributed by atoms with Crippen LogP contribution in [0.2, 0.25) is 0 Å². The Morgan fingerprint density at radius 2 is 1.93 bits per heavy atom. The predicted molar refractivity (Wildman–Crippen MR) is 63.4 cm³/mol. The van der Waals surface area contributed by atoms with E-state index in [1.807, 2.05) is 0 Å². The fourth-order valence-electron chi connectivity index (χ4n) is 1.02. The first-order valence-corrected chi connectivity index (χ1v) is 5.41. The van der Waals surface area contributed by atoms with Gasteiger partial charge in [0.1, 0.15) is 5.75 Å². The topological polar surface area (TPSA) is 61.3 Å². The molecule has 4 heteroatoms. The summed E-state index contributed by atoms with van der Waals surface area (Å²) < 4.78 is 6.38. The van der Waals surface area contributed by atoms with Gasteiger partial charge in [-0.05, 0) is 28.4 Å². The molecule has 1 rings (SSSR count). The van der Waals surface area contributed by atoms with Crippen molar-refractivity contribution in [3.05, 3.63) is 16.6 Å². The molecule has 0 amide bonds. The van der Waals surface area contributed by atoms with E-state index in [1.54, 1.807) is 12.1 Å². The Balaban J connectivity index is 2.72. The SMILES string of the molecule is CCCCOc1cc(N)c(N)cc1Br. The number of hydrogen-bond donors (Lipinski definition) is 2. The Bertz CT molecular complexity index is 315. The van der Waals surface area contributed by atoms with Gasteiger partial charge < -0.3 is 16.2 Å². The Morgan fingerprint density at radius 3 is 2.57 bits per heavy atom. The van der Waals surface area contributed by atoms with E-state index in [2.05, 4.69) is 22.9 Å². The van der Waals surface area contributed by atoms with Crippen LogP contribution in [0.3, 0.4) is 0 Å². The lowest BCUT2D eigenvalue weighted by Gasteiger charge is -2.09. The normalized spacial score (nSPS) is 10.1. The molecule has 0 fully saturated rings. The van der Waals surface area contributed by atoms with Crippen molar-refractivity contribution in [3.63, 3.8) is 0 Å². The molecular formula is C10H15BrN2O. The number of unbranched alkanes of at least 4 members (excludes halogenated alkanes) is 1. The Hall–Kier alpha value is -0.900. The smallest absolute Gasteiger partial charge is 0.135 e. The van der Waals surface area contributed by atoms with E-state index >= 15 is 0 Å². The highest BCUT2D eigenvalue weighted by Crippen LogP contribution is 2.31. The molecule has 0 aliphatic carbocycles. The van der Waals surface area contributed by atoms with Crippen LogP contribution in [-0.4, -0.2) is 6.61 Å². The minimum absolute atomic E-state index is 0.555. The summed E-state index contributed by atoms with van der Waals surface area (Å²) in [6, 6.07) is 3.51. The summed E-state index contributed by atoms with van der Waals surface area (Å²) in [7, 11) is 0. The lowest BCUT2D eigenvalue weighted by molar-refractivity contribution is 0.308. The zero-order chi connectivity index (χ0) is 10.6. The number of benzene rings is 1. The van der Waals surface area contributed by atoms with E-state index in [0.29, 0.717) is 18.0 Å². The van der Waals surface area contributed by atoms with Crippen LogP contribution in [0.25, 0.3) is 0 Å². The lowest BCUT2D eigenvalue weighted by atomic mass is 10.2. The van der Waals surface area contributed by atoms with Crippen LogP contribution < -0.4 is 16.2 Å². The minimum atomic E-state index is 0.555. The van der Waals surface area contributed by atoms with Crippen LogP contribution in [0.15, 0.2) is 16.6 Å². The molecule has 0 unspecified atom stereocenters. The van der Waals surface area contributed by atoms with Crippen molar-refractivity contribution in [2.75, 3.05) is 18.1 Å². The van der Waals surface area contributed by atoms with Gasteiger partial charge in [0.2, 0.25) is 0 Å². The molecule has 4 N–H and O–H groups in total. The highest BCUT2D eigenvalue weighted by Gasteiger charge is 2.04. The van der Waals surface area contributed by atoms with Gasteiger partial charge in [0.05, 0.1) is 22.5 Å². The second-order valence-corrected chi connectivity index (χ2v) is 3.97. The van der Waals surface area contributed by atoms with Crippen LogP contribution in [0.1, 0.15) is 19.8 Å². The van der Waals surface area contributed by atoms with Gasteiger partial charge in [-0.15, -0.1) is 0 Å². The second kappa shape index (κ2) is 5.10. The van der Waals surface area contributed by atoms with Crippen LogP contribution in [0, 0.1) is 0 Å². The number of ether oxygens (including phenoxy) is 1. The summed E-state index contributed by atoms with van der Waals surface area (Å²) in [5.74, 6) is 0.755. The summed E-state index contributed by atoms with van der Waals surface area (Å²) in [6.07, 6.45) is 2.15. The molecule has 0 bridgehead atoms. The molecule has 1 aromatic carbocycles. The maximum Gasteiger partial charge on any atom is 0.135 e. The van der Waals surface area contributed by atoms with Crippen molar-refractivity contribution in [1.82, 2.24) is 0 Å². The van der Waals surface area contributed by atoms with Crippen molar-refractivity contribution in [2.45, 2.75) is 19.8 Å². The first-order chi connectivity index (χ1) is 6.65. The third kappa shape index (κ3) is 2.80. The highest BCUT2D eigenvalue weighted by molar-refractivity contribution is 9.10. The predicted octanol–water partition coefficient (Wildman–Crippen LogP) is 2.79. The molecule has 0 aliphatic heterocycles. The van der Waals surface area contributed by atoms with Gasteiger partial charge >= 0.3 is 0 Å². The Morgan fingerprint density at radius 1 is 1.29 bits per heavy atom. The number of rotatable bonds is 4. The van der Waals surface area contributed by atoms with E-state index in [9.17, 15) is 0 Å². The fraction of sp³-hybridized carbons (Fsp3) is 0.400. The van der Waals surface area contributed by atoms with Crippen molar-refractivity contribution < 1.29 is 4.74 Å². The molecule has 0 radical (unpaired) electrons. The van der Waals surface area contributed by atoms with Crippen molar-refractivity contribution in [2.24, 2.45) is 0 Å². The maximum absolute atomic E-state index is 5.67. The molecule has 14 heavy (non-hydrogen) atoms. The highest BCUT2D eigenvalue weighted by atomic mass is 79.9. The van der Waals surface area contributed by atoms with Gasteiger partial charge in [-0.25, -0.2) is 0 Å². The second-order valence-electron chi connectivity index (χ2n) is 3.11. The molecule has 0 atom stereocenters.